The van der Waals surface area contributed by atoms with E-state index in [4.69, 9.17) is 9.26 Å². The lowest BCUT2D eigenvalue weighted by molar-refractivity contribution is 0.369. The molecule has 134 valence electrons. The zero-order valence-electron chi connectivity index (χ0n) is 14.8. The maximum Gasteiger partial charge on any atom is 0.228 e. The van der Waals surface area contributed by atoms with Gasteiger partial charge < -0.3 is 14.6 Å². The predicted molar refractivity (Wildman–Crippen MR) is 98.0 cm³/mol. The molecule has 0 aliphatic heterocycles. The number of ether oxygens (including phenoxy) is 1. The van der Waals surface area contributed by atoms with Crippen molar-refractivity contribution in [2.75, 3.05) is 13.7 Å². The largest absolute Gasteiger partial charge is 0.497 e. The number of benzene rings is 1. The van der Waals surface area contributed by atoms with Crippen LogP contribution in [-0.4, -0.2) is 34.8 Å². The number of methoxy groups -OCH3 is 1. The Labute approximate surface area is 152 Å². The van der Waals surface area contributed by atoms with Crippen LogP contribution in [0, 0.1) is 0 Å². The molecule has 0 saturated carbocycles. The quantitative estimate of drug-likeness (QED) is 0.737. The number of aryl methyl sites for hydroxylation is 1. The number of pyridine rings is 1. The van der Waals surface area contributed by atoms with Crippen LogP contribution in [0.3, 0.4) is 0 Å². The van der Waals surface area contributed by atoms with Gasteiger partial charge in [-0.1, -0.05) is 11.2 Å². The Hall–Kier alpha value is -2.73. The Kier molecular flexibility index (Phi) is 4.93. The minimum atomic E-state index is 0.468. The summed E-state index contributed by atoms with van der Waals surface area (Å²) >= 11 is 0. The summed E-state index contributed by atoms with van der Waals surface area (Å²) in [6.45, 7) is 0.818. The molecule has 1 aliphatic carbocycles. The van der Waals surface area contributed by atoms with Crippen LogP contribution < -0.4 is 10.1 Å². The third-order valence-corrected chi connectivity index (χ3v) is 4.80. The molecule has 0 unspecified atom stereocenters. The van der Waals surface area contributed by atoms with Gasteiger partial charge in [-0.2, -0.15) is 4.98 Å². The third kappa shape index (κ3) is 3.75. The standard InChI is InChI=1S/C20H22N4O2/c1-25-18-7-5-14-4-6-17(11-16(14)12-18)22-10-8-19-23-20(24-26-19)15-3-2-9-21-13-15/h2-3,5,7,9,12-13,17,22H,4,6,8,10-11H2,1H3/t17-/m0/s1. The number of aromatic nitrogens is 3. The molecule has 0 fully saturated rings. The van der Waals surface area contributed by atoms with Gasteiger partial charge in [0.15, 0.2) is 0 Å². The second kappa shape index (κ2) is 7.66. The average Bonchev–Trinajstić information content (AvgIpc) is 3.17. The Bertz CT molecular complexity index is 863. The van der Waals surface area contributed by atoms with E-state index in [2.05, 4.69) is 32.6 Å². The molecular weight excluding hydrogens is 328 g/mol. The highest BCUT2D eigenvalue weighted by Crippen LogP contribution is 2.25. The molecule has 1 aromatic carbocycles. The summed E-state index contributed by atoms with van der Waals surface area (Å²) in [4.78, 5) is 8.53. The highest BCUT2D eigenvalue weighted by Gasteiger charge is 2.19. The number of hydrogen-bond acceptors (Lipinski definition) is 6. The summed E-state index contributed by atoms with van der Waals surface area (Å²) in [5.41, 5.74) is 3.68. The van der Waals surface area contributed by atoms with Crippen molar-refractivity contribution in [1.29, 1.82) is 0 Å². The van der Waals surface area contributed by atoms with Crippen molar-refractivity contribution in [3.8, 4) is 17.1 Å². The zero-order valence-corrected chi connectivity index (χ0v) is 14.8. The highest BCUT2D eigenvalue weighted by atomic mass is 16.5. The fourth-order valence-electron chi connectivity index (χ4n) is 3.39. The van der Waals surface area contributed by atoms with Gasteiger partial charge in [0.05, 0.1) is 7.11 Å². The number of fused-ring (bicyclic) bond motifs is 1. The number of nitrogens with one attached hydrogen (secondary N) is 1. The van der Waals surface area contributed by atoms with Gasteiger partial charge in [-0.05, 0) is 54.7 Å². The fraction of sp³-hybridized carbons (Fsp3) is 0.350. The normalized spacial score (nSPS) is 16.3. The maximum atomic E-state index is 5.35. The smallest absolute Gasteiger partial charge is 0.228 e. The number of nitrogens with zero attached hydrogens (tertiary/aromatic N) is 3. The van der Waals surface area contributed by atoms with Crippen molar-refractivity contribution in [2.24, 2.45) is 0 Å². The van der Waals surface area contributed by atoms with Crippen molar-refractivity contribution >= 4 is 0 Å². The Balaban J connectivity index is 1.31. The summed E-state index contributed by atoms with van der Waals surface area (Å²) < 4.78 is 10.7. The highest BCUT2D eigenvalue weighted by molar-refractivity contribution is 5.51. The fourth-order valence-corrected chi connectivity index (χ4v) is 3.39. The van der Waals surface area contributed by atoms with Gasteiger partial charge in [-0.25, -0.2) is 0 Å². The van der Waals surface area contributed by atoms with Crippen molar-refractivity contribution in [3.63, 3.8) is 0 Å². The summed E-state index contributed by atoms with van der Waals surface area (Å²) in [7, 11) is 1.71. The number of hydrogen-bond donors (Lipinski definition) is 1. The van der Waals surface area contributed by atoms with E-state index in [9.17, 15) is 0 Å². The molecule has 1 aliphatic rings. The second-order valence-electron chi connectivity index (χ2n) is 6.53. The molecule has 6 heteroatoms. The molecule has 3 aromatic rings. The van der Waals surface area contributed by atoms with Crippen LogP contribution in [0.2, 0.25) is 0 Å². The van der Waals surface area contributed by atoms with Crippen LogP contribution in [0.15, 0.2) is 47.2 Å². The summed E-state index contributed by atoms with van der Waals surface area (Å²) in [6.07, 6.45) is 7.45. The minimum absolute atomic E-state index is 0.468. The van der Waals surface area contributed by atoms with Crippen molar-refractivity contribution in [1.82, 2.24) is 20.4 Å². The maximum absolute atomic E-state index is 5.35. The zero-order chi connectivity index (χ0) is 17.8. The van der Waals surface area contributed by atoms with Crippen LogP contribution in [0.4, 0.5) is 0 Å². The van der Waals surface area contributed by atoms with Gasteiger partial charge in [-0.15, -0.1) is 0 Å². The SMILES string of the molecule is COc1ccc2c(c1)C[C@@H](NCCc1nc(-c3cccnc3)no1)CC2. The van der Waals surface area contributed by atoms with Gasteiger partial charge in [0.1, 0.15) is 5.75 Å². The van der Waals surface area contributed by atoms with Gasteiger partial charge in [0.25, 0.3) is 0 Å². The minimum Gasteiger partial charge on any atom is -0.497 e. The van der Waals surface area contributed by atoms with Gasteiger partial charge >= 0.3 is 0 Å². The lowest BCUT2D eigenvalue weighted by atomic mass is 9.88. The van der Waals surface area contributed by atoms with Crippen LogP contribution in [0.5, 0.6) is 5.75 Å². The topological polar surface area (TPSA) is 73.1 Å². The summed E-state index contributed by atoms with van der Waals surface area (Å²) in [6, 6.07) is 10.6. The van der Waals surface area contributed by atoms with Crippen molar-refractivity contribution < 1.29 is 9.26 Å². The molecular formula is C20H22N4O2. The molecule has 0 bridgehead atoms. The molecule has 26 heavy (non-hydrogen) atoms. The van der Waals surface area contributed by atoms with Crippen molar-refractivity contribution in [2.45, 2.75) is 31.7 Å². The van der Waals surface area contributed by atoms with Crippen LogP contribution >= 0.6 is 0 Å². The lowest BCUT2D eigenvalue weighted by Gasteiger charge is -2.25. The van der Waals surface area contributed by atoms with E-state index in [-0.39, 0.29) is 0 Å². The molecule has 2 heterocycles. The first-order valence-electron chi connectivity index (χ1n) is 8.94. The van der Waals surface area contributed by atoms with E-state index in [1.165, 1.54) is 11.1 Å². The Morgan fingerprint density at radius 2 is 2.23 bits per heavy atom. The lowest BCUT2D eigenvalue weighted by Crippen LogP contribution is -2.35. The molecule has 0 saturated heterocycles. The van der Waals surface area contributed by atoms with E-state index in [0.29, 0.717) is 24.2 Å². The van der Waals surface area contributed by atoms with Gasteiger partial charge in [-0.3, -0.25) is 4.98 Å². The molecule has 2 aromatic heterocycles. The first kappa shape index (κ1) is 16.7. The summed E-state index contributed by atoms with van der Waals surface area (Å²) in [5, 5.41) is 7.65. The Morgan fingerprint density at radius 3 is 3.08 bits per heavy atom. The van der Waals surface area contributed by atoms with Crippen molar-refractivity contribution in [3.05, 3.63) is 59.7 Å². The second-order valence-corrected chi connectivity index (χ2v) is 6.53. The first-order valence-corrected chi connectivity index (χ1v) is 8.94. The molecule has 6 nitrogen and oxygen atoms in total. The van der Waals surface area contributed by atoms with Crippen LogP contribution in [-0.2, 0) is 19.3 Å². The van der Waals surface area contributed by atoms with E-state index >= 15 is 0 Å². The van der Waals surface area contributed by atoms with Gasteiger partial charge in [0.2, 0.25) is 11.7 Å². The van der Waals surface area contributed by atoms with Gasteiger partial charge in [0, 0.05) is 37.0 Å². The third-order valence-electron chi connectivity index (χ3n) is 4.80. The van der Waals surface area contributed by atoms with Crippen LogP contribution in [0.25, 0.3) is 11.4 Å². The van der Waals surface area contributed by atoms with E-state index in [1.807, 2.05) is 18.2 Å². The first-order chi connectivity index (χ1) is 12.8. The van der Waals surface area contributed by atoms with E-state index in [0.717, 1.165) is 37.1 Å². The molecule has 1 N–H and O–H groups in total. The molecule has 0 radical (unpaired) electrons. The number of rotatable bonds is 6. The summed E-state index contributed by atoms with van der Waals surface area (Å²) in [5.74, 6) is 2.17. The van der Waals surface area contributed by atoms with Crippen LogP contribution in [0.1, 0.15) is 23.4 Å². The monoisotopic (exact) mass is 350 g/mol. The van der Waals surface area contributed by atoms with E-state index in [1.54, 1.807) is 19.5 Å². The molecule has 0 spiro atoms. The average molecular weight is 350 g/mol. The molecule has 4 rings (SSSR count). The molecule has 1 atom stereocenters. The van der Waals surface area contributed by atoms with E-state index < -0.39 is 0 Å². The Morgan fingerprint density at radius 1 is 1.27 bits per heavy atom. The molecule has 0 amide bonds. The predicted octanol–water partition coefficient (Wildman–Crippen LogP) is 2.83.